The Morgan fingerprint density at radius 2 is 1.67 bits per heavy atom. The first kappa shape index (κ1) is 22.1. The highest BCUT2D eigenvalue weighted by Gasteiger charge is 2.39. The van der Waals surface area contributed by atoms with E-state index in [-0.39, 0.29) is 11.2 Å². The van der Waals surface area contributed by atoms with Crippen LogP contribution in [0.4, 0.5) is 0 Å². The lowest BCUT2D eigenvalue weighted by molar-refractivity contribution is 0.219. The van der Waals surface area contributed by atoms with Gasteiger partial charge in [-0.1, -0.05) is 26.8 Å². The fourth-order valence-electron chi connectivity index (χ4n) is 2.47. The normalized spacial score (nSPS) is 13.1. The molecule has 0 saturated carbocycles. The predicted octanol–water partition coefficient (Wildman–Crippen LogP) is 6.38. The zero-order valence-electron chi connectivity index (χ0n) is 17.5. The second-order valence-electron chi connectivity index (χ2n) is 8.12. The minimum atomic E-state index is -3.16. The zero-order chi connectivity index (χ0) is 20.3. The molecule has 0 amide bonds. The second-order valence-corrected chi connectivity index (χ2v) is 14.9. The van der Waals surface area contributed by atoms with E-state index in [1.807, 2.05) is 44.2 Å². The highest BCUT2D eigenvalue weighted by molar-refractivity contribution is 7.53. The van der Waals surface area contributed by atoms with E-state index in [9.17, 15) is 4.57 Å². The number of rotatable bonds is 8. The number of nitrogens with zero attached hydrogens (tertiary/aromatic N) is 1. The van der Waals surface area contributed by atoms with Gasteiger partial charge in [-0.15, -0.1) is 0 Å². The SMILES string of the molecule is CCOP(=O)(Cc1ccc2cc(O[Si](C)(C)C(C)(C)C)ccc2n1)OCC. The Kier molecular flexibility index (Phi) is 6.90. The van der Waals surface area contributed by atoms with E-state index in [1.54, 1.807) is 0 Å². The van der Waals surface area contributed by atoms with Gasteiger partial charge in [0, 0.05) is 5.39 Å². The molecule has 1 aromatic carbocycles. The lowest BCUT2D eigenvalue weighted by atomic mass is 10.2. The number of aromatic nitrogens is 1. The van der Waals surface area contributed by atoms with Gasteiger partial charge < -0.3 is 13.5 Å². The van der Waals surface area contributed by atoms with Crippen molar-refractivity contribution in [1.82, 2.24) is 4.98 Å². The summed E-state index contributed by atoms with van der Waals surface area (Å²) >= 11 is 0. The first-order valence-electron chi connectivity index (χ1n) is 9.46. The predicted molar refractivity (Wildman–Crippen MR) is 114 cm³/mol. The molecule has 0 bridgehead atoms. The fraction of sp³-hybridized carbons (Fsp3) is 0.550. The molecule has 2 aromatic rings. The minimum Gasteiger partial charge on any atom is -0.543 e. The summed E-state index contributed by atoms with van der Waals surface area (Å²) in [6.07, 6.45) is 0.173. The molecular formula is C20H32NO4PSi. The van der Waals surface area contributed by atoms with Gasteiger partial charge in [-0.05, 0) is 56.2 Å². The van der Waals surface area contributed by atoms with Crippen LogP contribution in [0.2, 0.25) is 18.1 Å². The van der Waals surface area contributed by atoms with Crippen LogP contribution in [0.5, 0.6) is 5.75 Å². The summed E-state index contributed by atoms with van der Waals surface area (Å²) in [6, 6.07) is 9.80. The van der Waals surface area contributed by atoms with Crippen molar-refractivity contribution < 1.29 is 18.0 Å². The van der Waals surface area contributed by atoms with Crippen LogP contribution in [0.25, 0.3) is 10.9 Å². The maximum absolute atomic E-state index is 12.7. The average Bonchev–Trinajstić information content (AvgIpc) is 2.54. The van der Waals surface area contributed by atoms with E-state index in [0.717, 1.165) is 16.7 Å². The monoisotopic (exact) mass is 409 g/mol. The molecule has 0 fully saturated rings. The summed E-state index contributed by atoms with van der Waals surface area (Å²) in [7, 11) is -5.04. The first-order chi connectivity index (χ1) is 12.5. The third-order valence-electron chi connectivity index (χ3n) is 4.90. The van der Waals surface area contributed by atoms with Gasteiger partial charge in [0.05, 0.1) is 30.6 Å². The van der Waals surface area contributed by atoms with Crippen molar-refractivity contribution in [2.45, 2.75) is 58.9 Å². The van der Waals surface area contributed by atoms with Gasteiger partial charge in [-0.25, -0.2) is 0 Å². The van der Waals surface area contributed by atoms with Gasteiger partial charge >= 0.3 is 7.60 Å². The molecular weight excluding hydrogens is 377 g/mol. The van der Waals surface area contributed by atoms with E-state index < -0.39 is 15.9 Å². The van der Waals surface area contributed by atoms with Gasteiger partial charge in [0.1, 0.15) is 5.75 Å². The molecule has 5 nitrogen and oxygen atoms in total. The van der Waals surface area contributed by atoms with Crippen molar-refractivity contribution >= 4 is 26.8 Å². The molecule has 150 valence electrons. The Bertz CT molecular complexity index is 822. The number of hydrogen-bond acceptors (Lipinski definition) is 5. The number of benzene rings is 1. The Hall–Kier alpha value is -1.20. The van der Waals surface area contributed by atoms with Crippen molar-refractivity contribution in [1.29, 1.82) is 0 Å². The van der Waals surface area contributed by atoms with E-state index in [2.05, 4.69) is 38.8 Å². The van der Waals surface area contributed by atoms with Crippen molar-refractivity contribution in [3.05, 3.63) is 36.0 Å². The number of pyridine rings is 1. The molecule has 1 aromatic heterocycles. The van der Waals surface area contributed by atoms with Gasteiger partial charge in [0.25, 0.3) is 0 Å². The van der Waals surface area contributed by atoms with Gasteiger partial charge in [-0.2, -0.15) is 0 Å². The number of fused-ring (bicyclic) bond motifs is 1. The highest BCUT2D eigenvalue weighted by Crippen LogP contribution is 2.51. The molecule has 0 radical (unpaired) electrons. The maximum atomic E-state index is 12.7. The molecule has 1 heterocycles. The molecule has 0 aliphatic heterocycles. The van der Waals surface area contributed by atoms with Gasteiger partial charge in [0.2, 0.25) is 8.32 Å². The molecule has 2 rings (SSSR count). The van der Waals surface area contributed by atoms with Crippen molar-refractivity contribution in [2.75, 3.05) is 13.2 Å². The molecule has 7 heteroatoms. The summed E-state index contributed by atoms with van der Waals surface area (Å²) < 4.78 is 29.8. The van der Waals surface area contributed by atoms with Gasteiger partial charge in [-0.3, -0.25) is 9.55 Å². The van der Waals surface area contributed by atoms with E-state index in [1.165, 1.54) is 0 Å². The first-order valence-corrected chi connectivity index (χ1v) is 14.1. The second kappa shape index (κ2) is 8.44. The Labute approximate surface area is 164 Å². The van der Waals surface area contributed by atoms with Crippen LogP contribution < -0.4 is 4.43 Å². The van der Waals surface area contributed by atoms with Crippen LogP contribution in [0.3, 0.4) is 0 Å². The van der Waals surface area contributed by atoms with E-state index in [4.69, 9.17) is 13.5 Å². The Balaban J connectivity index is 2.26. The molecule has 0 spiro atoms. The molecule has 0 saturated heterocycles. The molecule has 0 unspecified atom stereocenters. The largest absolute Gasteiger partial charge is 0.543 e. The molecule has 0 atom stereocenters. The quantitative estimate of drug-likeness (QED) is 0.374. The van der Waals surface area contributed by atoms with E-state index >= 15 is 0 Å². The summed E-state index contributed by atoms with van der Waals surface area (Å²) in [5.41, 5.74) is 1.54. The fourth-order valence-corrected chi connectivity index (χ4v) is 5.10. The third kappa shape index (κ3) is 5.64. The summed E-state index contributed by atoms with van der Waals surface area (Å²) in [6.45, 7) is 15.5. The smallest absolute Gasteiger partial charge is 0.336 e. The summed E-state index contributed by atoms with van der Waals surface area (Å²) in [5, 5.41) is 1.14. The summed E-state index contributed by atoms with van der Waals surface area (Å²) in [5.74, 6) is 0.873. The van der Waals surface area contributed by atoms with Crippen molar-refractivity contribution in [2.24, 2.45) is 0 Å². The lowest BCUT2D eigenvalue weighted by Gasteiger charge is -2.36. The number of hydrogen-bond donors (Lipinski definition) is 0. The van der Waals surface area contributed by atoms with Crippen LogP contribution in [-0.4, -0.2) is 26.5 Å². The molecule has 27 heavy (non-hydrogen) atoms. The van der Waals surface area contributed by atoms with Gasteiger partial charge in [0.15, 0.2) is 0 Å². The maximum Gasteiger partial charge on any atom is 0.336 e. The highest BCUT2D eigenvalue weighted by atomic mass is 31.2. The summed E-state index contributed by atoms with van der Waals surface area (Å²) in [4.78, 5) is 4.63. The molecule has 0 aliphatic carbocycles. The Morgan fingerprint density at radius 1 is 1.04 bits per heavy atom. The standard InChI is InChI=1S/C20H32NO4PSi/c1-8-23-26(22,24-9-2)15-17-11-10-16-14-18(12-13-19(16)21-17)25-27(6,7)20(3,4)5/h10-14H,8-9,15H2,1-7H3. The molecule has 0 aliphatic rings. The van der Waals surface area contributed by atoms with Crippen LogP contribution in [-0.2, 0) is 19.8 Å². The minimum absolute atomic E-state index is 0.143. The van der Waals surface area contributed by atoms with Crippen LogP contribution in [0, 0.1) is 0 Å². The molecule has 0 N–H and O–H groups in total. The lowest BCUT2D eigenvalue weighted by Crippen LogP contribution is -2.43. The Morgan fingerprint density at radius 3 is 2.22 bits per heavy atom. The van der Waals surface area contributed by atoms with Crippen LogP contribution in [0.1, 0.15) is 40.3 Å². The average molecular weight is 410 g/mol. The third-order valence-corrected chi connectivity index (χ3v) is 11.3. The zero-order valence-corrected chi connectivity index (χ0v) is 19.4. The van der Waals surface area contributed by atoms with Crippen LogP contribution >= 0.6 is 7.60 Å². The van der Waals surface area contributed by atoms with Crippen molar-refractivity contribution in [3.8, 4) is 5.75 Å². The van der Waals surface area contributed by atoms with Crippen LogP contribution in [0.15, 0.2) is 30.3 Å². The topological polar surface area (TPSA) is 57.7 Å². The van der Waals surface area contributed by atoms with E-state index in [0.29, 0.717) is 18.9 Å². The van der Waals surface area contributed by atoms with Crippen molar-refractivity contribution in [3.63, 3.8) is 0 Å².